The first-order valence-corrected chi connectivity index (χ1v) is 16.1. The van der Waals surface area contributed by atoms with Crippen LogP contribution in [0.1, 0.15) is 11.8 Å². The second-order valence-electron chi connectivity index (χ2n) is 11.8. The molecule has 1 unspecified atom stereocenters. The van der Waals surface area contributed by atoms with Crippen molar-refractivity contribution < 1.29 is 4.74 Å². The molecule has 212 valence electrons. The highest BCUT2D eigenvalue weighted by molar-refractivity contribution is 7.25. The fourth-order valence-corrected chi connectivity index (χ4v) is 8.22. The lowest BCUT2D eigenvalue weighted by Crippen LogP contribution is -2.10. The Hall–Kier alpha value is -5.58. The number of hydrogen-bond acceptors (Lipinski definition) is 3. The summed E-state index contributed by atoms with van der Waals surface area (Å²) in [7, 11) is 0. The molecule has 9 aromatic rings. The summed E-state index contributed by atoms with van der Waals surface area (Å²) in [5.41, 5.74) is 8.13. The zero-order valence-corrected chi connectivity index (χ0v) is 25.0. The summed E-state index contributed by atoms with van der Waals surface area (Å²) < 4.78 is 11.6. The smallest absolute Gasteiger partial charge is 0.196 e. The van der Waals surface area contributed by atoms with Crippen molar-refractivity contribution in [3.63, 3.8) is 0 Å². The number of para-hydroxylation sites is 1. The van der Waals surface area contributed by atoms with Gasteiger partial charge in [0.1, 0.15) is 0 Å². The monoisotopic (exact) mass is 594 g/mol. The van der Waals surface area contributed by atoms with Gasteiger partial charge in [0.05, 0.1) is 16.7 Å². The van der Waals surface area contributed by atoms with Crippen molar-refractivity contribution in [3.8, 4) is 22.6 Å². The van der Waals surface area contributed by atoms with Gasteiger partial charge in [0.25, 0.3) is 0 Å². The van der Waals surface area contributed by atoms with Crippen molar-refractivity contribution in [1.29, 1.82) is 0 Å². The number of anilines is 1. The number of rotatable bonds is 3. The zero-order valence-electron chi connectivity index (χ0n) is 24.2. The second-order valence-corrected chi connectivity index (χ2v) is 12.8. The largest absolute Gasteiger partial charge is 0.464 e. The van der Waals surface area contributed by atoms with Gasteiger partial charge < -0.3 is 14.6 Å². The minimum Gasteiger partial charge on any atom is -0.464 e. The number of fused-ring (bicyclic) bond motifs is 10. The number of aromatic nitrogens is 1. The molecule has 0 amide bonds. The third kappa shape index (κ3) is 3.70. The van der Waals surface area contributed by atoms with E-state index in [1.54, 1.807) is 0 Å². The van der Waals surface area contributed by atoms with Crippen molar-refractivity contribution >= 4 is 69.8 Å². The van der Waals surface area contributed by atoms with Crippen molar-refractivity contribution in [3.05, 3.63) is 151 Å². The van der Waals surface area contributed by atoms with Crippen LogP contribution >= 0.6 is 11.3 Å². The fraction of sp³-hybridized carbons (Fsp3) is 0.0244. The molecular formula is C41H26N2OS. The molecule has 0 bridgehead atoms. The molecule has 0 spiro atoms. The summed E-state index contributed by atoms with van der Waals surface area (Å²) >= 11 is 1.82. The minimum atomic E-state index is -0.256. The lowest BCUT2D eigenvalue weighted by molar-refractivity contribution is 0.263. The van der Waals surface area contributed by atoms with E-state index in [1.807, 2.05) is 11.3 Å². The first-order valence-electron chi connectivity index (χ1n) is 15.3. The van der Waals surface area contributed by atoms with Crippen molar-refractivity contribution in [2.75, 3.05) is 5.32 Å². The summed E-state index contributed by atoms with van der Waals surface area (Å²) in [5, 5.41) is 11.2. The maximum atomic E-state index is 6.73. The predicted molar refractivity (Wildman–Crippen MR) is 190 cm³/mol. The number of thiophene rings is 1. The summed E-state index contributed by atoms with van der Waals surface area (Å²) in [6, 6.07) is 52.4. The maximum absolute atomic E-state index is 6.73. The molecule has 0 fully saturated rings. The maximum Gasteiger partial charge on any atom is 0.196 e. The number of nitrogens with one attached hydrogen (secondary N) is 1. The van der Waals surface area contributed by atoms with E-state index in [4.69, 9.17) is 4.74 Å². The van der Waals surface area contributed by atoms with Gasteiger partial charge in [-0.05, 0) is 70.4 Å². The molecule has 1 atom stereocenters. The van der Waals surface area contributed by atoms with E-state index in [0.717, 1.165) is 22.7 Å². The molecule has 10 rings (SSSR count). The van der Waals surface area contributed by atoms with Gasteiger partial charge in [-0.3, -0.25) is 0 Å². The van der Waals surface area contributed by atoms with Gasteiger partial charge in [-0.25, -0.2) is 0 Å². The van der Waals surface area contributed by atoms with E-state index < -0.39 is 0 Å². The molecule has 4 heteroatoms. The van der Waals surface area contributed by atoms with Crippen LogP contribution in [0.5, 0.6) is 5.75 Å². The van der Waals surface area contributed by atoms with E-state index in [-0.39, 0.29) is 6.23 Å². The third-order valence-electron chi connectivity index (χ3n) is 9.23. The Morgan fingerprint density at radius 2 is 1.33 bits per heavy atom. The van der Waals surface area contributed by atoms with E-state index in [2.05, 4.69) is 155 Å². The third-order valence-corrected chi connectivity index (χ3v) is 10.4. The molecule has 0 aliphatic carbocycles. The quantitative estimate of drug-likeness (QED) is 0.220. The van der Waals surface area contributed by atoms with Crippen molar-refractivity contribution in [2.45, 2.75) is 6.23 Å². The van der Waals surface area contributed by atoms with Gasteiger partial charge >= 0.3 is 0 Å². The van der Waals surface area contributed by atoms with Crippen molar-refractivity contribution in [1.82, 2.24) is 4.57 Å². The second kappa shape index (κ2) is 9.46. The molecule has 3 heterocycles. The van der Waals surface area contributed by atoms with Crippen LogP contribution < -0.4 is 10.1 Å². The van der Waals surface area contributed by atoms with Crippen LogP contribution in [-0.2, 0) is 0 Å². The van der Waals surface area contributed by atoms with Gasteiger partial charge in [-0.2, -0.15) is 0 Å². The zero-order chi connectivity index (χ0) is 29.5. The van der Waals surface area contributed by atoms with Gasteiger partial charge in [0.15, 0.2) is 12.0 Å². The SMILES string of the molecule is c1ccc(-c2ccc3sc4ccc5c(c4c3c2)OC(c2ccc(-n3c4ccccc4c4c6ccccc6ccc43)cc2)N5)cc1. The lowest BCUT2D eigenvalue weighted by atomic mass is 10.0. The Bertz CT molecular complexity index is 2600. The fourth-order valence-electron chi connectivity index (χ4n) is 7.14. The molecule has 0 saturated heterocycles. The van der Waals surface area contributed by atoms with Gasteiger partial charge in [0.2, 0.25) is 0 Å². The van der Waals surface area contributed by atoms with Crippen LogP contribution in [0, 0.1) is 0 Å². The van der Waals surface area contributed by atoms with Gasteiger partial charge in [-0.15, -0.1) is 11.3 Å². The van der Waals surface area contributed by atoms with Crippen molar-refractivity contribution in [2.24, 2.45) is 0 Å². The van der Waals surface area contributed by atoms with Gasteiger partial charge in [-0.1, -0.05) is 97.1 Å². The van der Waals surface area contributed by atoms with E-state index in [1.165, 1.54) is 63.9 Å². The van der Waals surface area contributed by atoms with Crippen LogP contribution in [0.3, 0.4) is 0 Å². The summed E-state index contributed by atoms with van der Waals surface area (Å²) in [5.74, 6) is 0.937. The van der Waals surface area contributed by atoms with Crippen LogP contribution in [0.15, 0.2) is 146 Å². The summed E-state index contributed by atoms with van der Waals surface area (Å²) in [4.78, 5) is 0. The molecule has 1 N–H and O–H groups in total. The summed E-state index contributed by atoms with van der Waals surface area (Å²) in [6.07, 6.45) is -0.256. The van der Waals surface area contributed by atoms with Gasteiger partial charge in [0, 0.05) is 42.2 Å². The standard InChI is InChI=1S/C41H26N2OS/c1-2-8-25(9-3-1)28-17-22-36-32(24-28)39-37(45-36)23-20-33-40(39)44-41(42-33)27-14-18-29(19-15-27)43-34-13-7-6-12-31(34)38-30-11-5-4-10-26(30)16-21-35(38)43/h1-24,41-42H. The number of ether oxygens (including phenoxy) is 1. The normalized spacial score (nSPS) is 14.4. The van der Waals surface area contributed by atoms with E-state index >= 15 is 0 Å². The minimum absolute atomic E-state index is 0.256. The highest BCUT2D eigenvalue weighted by Gasteiger charge is 2.27. The molecule has 2 aromatic heterocycles. The predicted octanol–water partition coefficient (Wildman–Crippen LogP) is 11.5. The summed E-state index contributed by atoms with van der Waals surface area (Å²) in [6.45, 7) is 0. The number of hydrogen-bond donors (Lipinski definition) is 1. The average molecular weight is 595 g/mol. The molecule has 1 aliphatic heterocycles. The Labute approximate surface area is 263 Å². The molecular weight excluding hydrogens is 569 g/mol. The first-order chi connectivity index (χ1) is 22.3. The Morgan fingerprint density at radius 1 is 0.556 bits per heavy atom. The van der Waals surface area contributed by atoms with Crippen LogP contribution in [0.2, 0.25) is 0 Å². The molecule has 1 aliphatic rings. The Balaban J connectivity index is 1.05. The Kier molecular flexibility index (Phi) is 5.22. The van der Waals surface area contributed by atoms with E-state index in [0.29, 0.717) is 0 Å². The van der Waals surface area contributed by atoms with E-state index in [9.17, 15) is 0 Å². The number of benzene rings is 7. The lowest BCUT2D eigenvalue weighted by Gasteiger charge is -2.14. The highest BCUT2D eigenvalue weighted by atomic mass is 32.1. The number of nitrogens with zero attached hydrogens (tertiary/aromatic N) is 1. The van der Waals surface area contributed by atoms with Crippen LogP contribution in [0.4, 0.5) is 5.69 Å². The topological polar surface area (TPSA) is 26.2 Å². The molecule has 0 radical (unpaired) electrons. The molecule has 0 saturated carbocycles. The molecule has 45 heavy (non-hydrogen) atoms. The highest BCUT2D eigenvalue weighted by Crippen LogP contribution is 2.49. The molecule has 7 aromatic carbocycles. The molecule has 3 nitrogen and oxygen atoms in total. The average Bonchev–Trinajstić information content (AvgIpc) is 3.80. The van der Waals surface area contributed by atoms with Crippen LogP contribution in [0.25, 0.3) is 69.6 Å². The first kappa shape index (κ1) is 24.8. The van der Waals surface area contributed by atoms with Crippen LogP contribution in [-0.4, -0.2) is 4.57 Å². The Morgan fingerprint density at radius 3 is 2.22 bits per heavy atom.